The van der Waals surface area contributed by atoms with Crippen molar-refractivity contribution in [2.24, 2.45) is 11.3 Å². The predicted molar refractivity (Wildman–Crippen MR) is 152 cm³/mol. The van der Waals surface area contributed by atoms with Gasteiger partial charge in [-0.25, -0.2) is 0 Å². The van der Waals surface area contributed by atoms with E-state index in [4.69, 9.17) is 18.9 Å². The van der Waals surface area contributed by atoms with Gasteiger partial charge in [-0.1, -0.05) is 72.6 Å². The fourth-order valence-corrected chi connectivity index (χ4v) is 4.71. The molecule has 0 unspecified atom stereocenters. The third kappa shape index (κ3) is 8.86. The van der Waals surface area contributed by atoms with Crippen molar-refractivity contribution >= 4 is 21.7 Å². The van der Waals surface area contributed by atoms with Crippen molar-refractivity contribution in [2.45, 2.75) is 77.7 Å². The minimum absolute atomic E-state index is 0.103. The molecule has 212 valence electrons. The Morgan fingerprint density at radius 1 is 1.26 bits per heavy atom. The Hall–Kier alpha value is -1.81. The highest BCUT2D eigenvalue weighted by Gasteiger charge is 2.51. The number of halogens is 1. The first kappa shape index (κ1) is 32.4. The number of hydrogen-bond donors (Lipinski definition) is 2. The lowest BCUT2D eigenvalue weighted by Gasteiger charge is -2.49. The normalized spacial score (nSPS) is 24.6. The van der Waals surface area contributed by atoms with Gasteiger partial charge in [-0.2, -0.15) is 0 Å². The van der Waals surface area contributed by atoms with Crippen molar-refractivity contribution in [3.8, 4) is 5.75 Å². The van der Waals surface area contributed by atoms with Crippen molar-refractivity contribution in [1.29, 1.82) is 0 Å². The molecule has 1 aliphatic heterocycles. The summed E-state index contributed by atoms with van der Waals surface area (Å²) in [5, 5.41) is 20.2. The Labute approximate surface area is 235 Å². The first-order valence-electron chi connectivity index (χ1n) is 12.9. The molecule has 1 heterocycles. The van der Waals surface area contributed by atoms with Gasteiger partial charge in [0.1, 0.15) is 5.75 Å². The molecule has 5 atom stereocenters. The van der Waals surface area contributed by atoms with Crippen molar-refractivity contribution in [3.63, 3.8) is 0 Å². The zero-order valence-corrected chi connectivity index (χ0v) is 24.9. The van der Waals surface area contributed by atoms with Gasteiger partial charge in [0, 0.05) is 25.9 Å². The summed E-state index contributed by atoms with van der Waals surface area (Å²) in [6.45, 7) is 7.67. The Kier molecular flexibility index (Phi) is 12.9. The highest BCUT2D eigenvalue weighted by molar-refractivity contribution is 9.11. The molecule has 1 fully saturated rings. The van der Waals surface area contributed by atoms with Crippen LogP contribution in [0.4, 0.5) is 0 Å². The molecule has 0 saturated carbocycles. The summed E-state index contributed by atoms with van der Waals surface area (Å²) in [6.07, 6.45) is 6.57. The summed E-state index contributed by atoms with van der Waals surface area (Å²) < 4.78 is 23.9. The van der Waals surface area contributed by atoms with Gasteiger partial charge in [-0.3, -0.25) is 4.79 Å². The predicted octanol–water partition coefficient (Wildman–Crippen LogP) is 5.49. The molecule has 2 N–H and O–H groups in total. The maximum Gasteiger partial charge on any atom is 0.175 e. The van der Waals surface area contributed by atoms with E-state index in [1.165, 1.54) is 0 Å². The van der Waals surface area contributed by atoms with Crippen LogP contribution in [0.25, 0.3) is 0 Å². The van der Waals surface area contributed by atoms with Gasteiger partial charge in [0.15, 0.2) is 11.6 Å². The lowest BCUT2D eigenvalue weighted by Crippen LogP contribution is -2.57. The zero-order valence-electron chi connectivity index (χ0n) is 23.4. The quantitative estimate of drug-likeness (QED) is 0.217. The topological polar surface area (TPSA) is 94.5 Å². The van der Waals surface area contributed by atoms with Gasteiger partial charge in [0.25, 0.3) is 0 Å². The number of methoxy groups -OCH3 is 2. The van der Waals surface area contributed by atoms with Crippen LogP contribution in [0.3, 0.4) is 0 Å². The molecule has 0 aliphatic carbocycles. The summed E-state index contributed by atoms with van der Waals surface area (Å²) in [6, 6.07) is 7.69. The van der Waals surface area contributed by atoms with Gasteiger partial charge in [-0.15, -0.1) is 0 Å². The minimum Gasteiger partial charge on any atom is -0.497 e. The SMILES string of the molecule is COc1ccc(CO[C@@H]2C[C@H](C(C)(C)C(=O)/C=C(\C)C[C@@H](O)/C=C/C=C/Br)O[C@](OC)([C@H](C)CO)C2)cc1. The molecule has 1 aromatic rings. The van der Waals surface area contributed by atoms with E-state index in [9.17, 15) is 15.0 Å². The van der Waals surface area contributed by atoms with E-state index in [-0.39, 0.29) is 24.4 Å². The molecular formula is C30H43BrO7. The summed E-state index contributed by atoms with van der Waals surface area (Å²) >= 11 is 3.18. The highest BCUT2D eigenvalue weighted by Crippen LogP contribution is 2.43. The Morgan fingerprint density at radius 2 is 1.95 bits per heavy atom. The van der Waals surface area contributed by atoms with E-state index in [0.29, 0.717) is 25.9 Å². The number of aliphatic hydroxyl groups is 2. The summed E-state index contributed by atoms with van der Waals surface area (Å²) in [4.78, 5) is 15.2. The summed E-state index contributed by atoms with van der Waals surface area (Å²) in [5.74, 6) is -0.754. The number of benzene rings is 1. The average molecular weight is 596 g/mol. The van der Waals surface area contributed by atoms with E-state index in [1.807, 2.05) is 52.0 Å². The van der Waals surface area contributed by atoms with Crippen LogP contribution in [0.2, 0.25) is 0 Å². The Bertz CT molecular complexity index is 969. The maximum absolute atomic E-state index is 13.5. The molecule has 0 bridgehead atoms. The number of carbonyl (C=O) groups is 1. The van der Waals surface area contributed by atoms with E-state index in [1.54, 1.807) is 43.5 Å². The van der Waals surface area contributed by atoms with Crippen LogP contribution in [-0.2, 0) is 25.6 Å². The molecule has 2 rings (SSSR count). The molecule has 0 spiro atoms. The molecule has 7 nitrogen and oxygen atoms in total. The molecule has 1 saturated heterocycles. The van der Waals surface area contributed by atoms with E-state index in [2.05, 4.69) is 15.9 Å². The standard InChI is InChI=1S/C30H43BrO7/c1-21(15-24(33)9-7-8-14-31)16-27(34)29(3,4)28-17-26(18-30(36-6,38-28)22(2)19-32)37-20-23-10-12-25(35-5)13-11-23/h7-14,16,22,24,26,28,32-33H,15,17-20H2,1-6H3/b9-7+,14-8+,21-16+/t22-,24+,26-,28-,30+/m1/s1. The fraction of sp³-hybridized carbons (Fsp3) is 0.567. The van der Waals surface area contributed by atoms with E-state index < -0.39 is 23.4 Å². The second kappa shape index (κ2) is 15.1. The van der Waals surface area contributed by atoms with Crippen LogP contribution >= 0.6 is 15.9 Å². The zero-order chi connectivity index (χ0) is 28.3. The first-order chi connectivity index (χ1) is 18.0. The van der Waals surface area contributed by atoms with Crippen LogP contribution in [-0.4, -0.2) is 60.9 Å². The Balaban J connectivity index is 2.22. The summed E-state index contributed by atoms with van der Waals surface area (Å²) in [5.41, 5.74) is 0.870. The number of allylic oxidation sites excluding steroid dienone is 3. The number of rotatable bonds is 14. The molecule has 38 heavy (non-hydrogen) atoms. The second-order valence-corrected chi connectivity index (χ2v) is 11.0. The van der Waals surface area contributed by atoms with Gasteiger partial charge < -0.3 is 29.2 Å². The Morgan fingerprint density at radius 3 is 2.53 bits per heavy atom. The molecule has 0 amide bonds. The number of hydrogen-bond acceptors (Lipinski definition) is 7. The maximum atomic E-state index is 13.5. The van der Waals surface area contributed by atoms with Gasteiger partial charge in [-0.05, 0) is 42.1 Å². The second-order valence-electron chi connectivity index (χ2n) is 10.5. The third-order valence-electron chi connectivity index (χ3n) is 7.21. The van der Waals surface area contributed by atoms with Crippen molar-refractivity contribution in [1.82, 2.24) is 0 Å². The van der Waals surface area contributed by atoms with Crippen LogP contribution in [0.5, 0.6) is 5.75 Å². The number of carbonyl (C=O) groups excluding carboxylic acids is 1. The number of ketones is 1. The number of aliphatic hydroxyl groups excluding tert-OH is 2. The van der Waals surface area contributed by atoms with E-state index >= 15 is 0 Å². The van der Waals surface area contributed by atoms with Crippen LogP contribution in [0.15, 0.2) is 59.1 Å². The number of ether oxygens (including phenoxy) is 4. The van der Waals surface area contributed by atoms with Crippen LogP contribution in [0, 0.1) is 11.3 Å². The monoisotopic (exact) mass is 594 g/mol. The van der Waals surface area contributed by atoms with Crippen molar-refractivity contribution < 1.29 is 34.0 Å². The molecular weight excluding hydrogens is 552 g/mol. The van der Waals surface area contributed by atoms with Crippen molar-refractivity contribution in [2.75, 3.05) is 20.8 Å². The average Bonchev–Trinajstić information content (AvgIpc) is 2.91. The van der Waals surface area contributed by atoms with Gasteiger partial charge in [0.2, 0.25) is 0 Å². The van der Waals surface area contributed by atoms with Crippen LogP contribution < -0.4 is 4.74 Å². The minimum atomic E-state index is -1.09. The largest absolute Gasteiger partial charge is 0.497 e. The van der Waals surface area contributed by atoms with Gasteiger partial charge >= 0.3 is 0 Å². The lowest BCUT2D eigenvalue weighted by molar-refractivity contribution is -0.326. The molecule has 8 heteroatoms. The van der Waals surface area contributed by atoms with Crippen LogP contribution in [0.1, 0.15) is 52.5 Å². The van der Waals surface area contributed by atoms with Crippen molar-refractivity contribution in [3.05, 3.63) is 64.7 Å². The lowest BCUT2D eigenvalue weighted by atomic mass is 9.75. The highest BCUT2D eigenvalue weighted by atomic mass is 79.9. The summed E-state index contributed by atoms with van der Waals surface area (Å²) in [7, 11) is 3.19. The molecule has 0 aromatic heterocycles. The molecule has 1 aliphatic rings. The third-order valence-corrected chi connectivity index (χ3v) is 7.52. The van der Waals surface area contributed by atoms with E-state index in [0.717, 1.165) is 16.9 Å². The first-order valence-corrected chi connectivity index (χ1v) is 13.8. The molecule has 0 radical (unpaired) electrons. The molecule has 1 aromatic carbocycles. The fourth-order valence-electron chi connectivity index (χ4n) is 4.53. The smallest absolute Gasteiger partial charge is 0.175 e. The van der Waals surface area contributed by atoms with Gasteiger partial charge in [0.05, 0.1) is 44.1 Å².